The summed E-state index contributed by atoms with van der Waals surface area (Å²) < 4.78 is 6.28. The van der Waals surface area contributed by atoms with E-state index in [9.17, 15) is 14.4 Å². The van der Waals surface area contributed by atoms with E-state index in [1.165, 1.54) is 27.8 Å². The van der Waals surface area contributed by atoms with Crippen LogP contribution in [0.1, 0.15) is 28.4 Å². The molecule has 0 aliphatic carbocycles. The van der Waals surface area contributed by atoms with E-state index in [0.717, 1.165) is 12.0 Å². The molecule has 0 saturated heterocycles. The Morgan fingerprint density at radius 2 is 2.04 bits per heavy atom. The normalized spacial score (nSPS) is 13.4. The second-order valence-electron chi connectivity index (χ2n) is 6.56. The van der Waals surface area contributed by atoms with E-state index < -0.39 is 11.5 Å². The first kappa shape index (κ1) is 18.4. The first-order chi connectivity index (χ1) is 13.6. The molecule has 0 fully saturated rings. The van der Waals surface area contributed by atoms with Crippen molar-refractivity contribution in [1.82, 2.24) is 14.5 Å². The maximum atomic E-state index is 12.9. The number of thiophene rings is 1. The third kappa shape index (κ3) is 3.31. The summed E-state index contributed by atoms with van der Waals surface area (Å²) >= 11 is 1.21. The van der Waals surface area contributed by atoms with Gasteiger partial charge in [-0.25, -0.2) is 9.78 Å². The summed E-state index contributed by atoms with van der Waals surface area (Å²) in [6, 6.07) is 8.06. The van der Waals surface area contributed by atoms with Gasteiger partial charge in [0.1, 0.15) is 11.4 Å². The Labute approximate surface area is 165 Å². The van der Waals surface area contributed by atoms with Crippen molar-refractivity contribution in [2.75, 3.05) is 13.2 Å². The molecule has 3 heterocycles. The van der Waals surface area contributed by atoms with E-state index in [0.29, 0.717) is 17.9 Å². The minimum atomic E-state index is -0.552. The van der Waals surface area contributed by atoms with Crippen LogP contribution in [0.15, 0.2) is 40.8 Å². The maximum Gasteiger partial charge on any atom is 0.339 e. The first-order valence-electron chi connectivity index (χ1n) is 9.06. The summed E-state index contributed by atoms with van der Waals surface area (Å²) in [6.45, 7) is 2.97. The van der Waals surface area contributed by atoms with Crippen molar-refractivity contribution >= 4 is 33.4 Å². The van der Waals surface area contributed by atoms with Crippen LogP contribution in [0.5, 0.6) is 0 Å². The summed E-state index contributed by atoms with van der Waals surface area (Å²) in [5.74, 6) is -0.699. The molecular weight excluding hydrogens is 378 g/mol. The van der Waals surface area contributed by atoms with Gasteiger partial charge in [0.2, 0.25) is 5.91 Å². The zero-order valence-electron chi connectivity index (χ0n) is 15.4. The SMILES string of the molecule is CCOC(=O)c1csc2ncn(CC(=O)N3CCc4ccccc4C3)c(=O)c12. The molecule has 2 aromatic heterocycles. The topological polar surface area (TPSA) is 81.5 Å². The molecule has 144 valence electrons. The fourth-order valence-electron chi connectivity index (χ4n) is 3.39. The van der Waals surface area contributed by atoms with Crippen molar-refractivity contribution in [2.45, 2.75) is 26.4 Å². The van der Waals surface area contributed by atoms with Crippen LogP contribution in [0.2, 0.25) is 0 Å². The standard InChI is InChI=1S/C20H19N3O4S/c1-2-27-20(26)15-11-28-18-17(15)19(25)23(12-21-18)10-16(24)22-8-7-13-5-3-4-6-14(13)9-22/h3-6,11-12H,2,7-10H2,1H3. The van der Waals surface area contributed by atoms with Gasteiger partial charge >= 0.3 is 5.97 Å². The van der Waals surface area contributed by atoms with Gasteiger partial charge in [0.25, 0.3) is 5.56 Å². The molecule has 1 aliphatic heterocycles. The smallest absolute Gasteiger partial charge is 0.339 e. The van der Waals surface area contributed by atoms with E-state index in [2.05, 4.69) is 11.1 Å². The van der Waals surface area contributed by atoms with Gasteiger partial charge in [0.15, 0.2) is 0 Å². The molecule has 0 saturated carbocycles. The highest BCUT2D eigenvalue weighted by molar-refractivity contribution is 7.17. The van der Waals surface area contributed by atoms with Gasteiger partial charge in [-0.15, -0.1) is 11.3 Å². The number of rotatable bonds is 4. The summed E-state index contributed by atoms with van der Waals surface area (Å²) in [4.78, 5) is 44.2. The van der Waals surface area contributed by atoms with Crippen LogP contribution >= 0.6 is 11.3 Å². The monoisotopic (exact) mass is 397 g/mol. The van der Waals surface area contributed by atoms with Gasteiger partial charge in [-0.05, 0) is 24.5 Å². The van der Waals surface area contributed by atoms with Gasteiger partial charge < -0.3 is 9.64 Å². The lowest BCUT2D eigenvalue weighted by molar-refractivity contribution is -0.132. The van der Waals surface area contributed by atoms with Crippen LogP contribution in [0.25, 0.3) is 10.2 Å². The predicted octanol–water partition coefficient (Wildman–Crippen LogP) is 2.22. The first-order valence-corrected chi connectivity index (χ1v) is 9.94. The van der Waals surface area contributed by atoms with Gasteiger partial charge in [-0.1, -0.05) is 24.3 Å². The Balaban J connectivity index is 1.59. The Morgan fingerprint density at radius 1 is 1.25 bits per heavy atom. The second kappa shape index (κ2) is 7.55. The number of carbonyl (C=O) groups is 2. The highest BCUT2D eigenvalue weighted by Crippen LogP contribution is 2.22. The summed E-state index contributed by atoms with van der Waals surface area (Å²) in [5.41, 5.74) is 2.18. The zero-order chi connectivity index (χ0) is 19.7. The zero-order valence-corrected chi connectivity index (χ0v) is 16.2. The van der Waals surface area contributed by atoms with Crippen molar-refractivity contribution in [1.29, 1.82) is 0 Å². The maximum absolute atomic E-state index is 12.9. The molecule has 4 rings (SSSR count). The Kier molecular flexibility index (Phi) is 4.95. The van der Waals surface area contributed by atoms with Gasteiger partial charge in [-0.2, -0.15) is 0 Å². The fraction of sp³-hybridized carbons (Fsp3) is 0.300. The van der Waals surface area contributed by atoms with Gasteiger partial charge in [0.05, 0.1) is 23.9 Å². The largest absolute Gasteiger partial charge is 0.462 e. The van der Waals surface area contributed by atoms with Gasteiger partial charge in [0, 0.05) is 18.5 Å². The van der Waals surface area contributed by atoms with Crippen molar-refractivity contribution in [3.63, 3.8) is 0 Å². The van der Waals surface area contributed by atoms with Crippen LogP contribution in [0.4, 0.5) is 0 Å². The van der Waals surface area contributed by atoms with E-state index >= 15 is 0 Å². The molecule has 0 bridgehead atoms. The van der Waals surface area contributed by atoms with E-state index in [1.54, 1.807) is 17.2 Å². The molecule has 0 atom stereocenters. The number of hydrogen-bond donors (Lipinski definition) is 0. The van der Waals surface area contributed by atoms with E-state index in [-0.39, 0.29) is 30.0 Å². The van der Waals surface area contributed by atoms with Crippen LogP contribution in [-0.4, -0.2) is 39.5 Å². The number of aromatic nitrogens is 2. The molecule has 1 aliphatic rings. The van der Waals surface area contributed by atoms with Crippen molar-refractivity contribution in [2.24, 2.45) is 0 Å². The number of nitrogens with zero attached hydrogens (tertiary/aromatic N) is 3. The molecule has 1 aromatic carbocycles. The lowest BCUT2D eigenvalue weighted by atomic mass is 10.00. The number of hydrogen-bond acceptors (Lipinski definition) is 6. The van der Waals surface area contributed by atoms with Gasteiger partial charge in [-0.3, -0.25) is 14.2 Å². The van der Waals surface area contributed by atoms with Crippen molar-refractivity contribution < 1.29 is 14.3 Å². The molecule has 0 spiro atoms. The number of amides is 1. The predicted molar refractivity (Wildman–Crippen MR) is 105 cm³/mol. The highest BCUT2D eigenvalue weighted by Gasteiger charge is 2.23. The third-order valence-corrected chi connectivity index (χ3v) is 5.73. The molecule has 0 N–H and O–H groups in total. The van der Waals surface area contributed by atoms with Crippen molar-refractivity contribution in [3.05, 3.63) is 63.0 Å². The minimum Gasteiger partial charge on any atom is -0.462 e. The fourth-order valence-corrected chi connectivity index (χ4v) is 4.26. The van der Waals surface area contributed by atoms with Crippen LogP contribution in [0.3, 0.4) is 0 Å². The lowest BCUT2D eigenvalue weighted by Crippen LogP contribution is -2.39. The molecular formula is C20H19N3O4S. The van der Waals surface area contributed by atoms with Crippen LogP contribution in [0, 0.1) is 0 Å². The molecule has 7 nitrogen and oxygen atoms in total. The number of esters is 1. The third-order valence-electron chi connectivity index (χ3n) is 4.85. The molecule has 8 heteroatoms. The number of benzene rings is 1. The minimum absolute atomic E-state index is 0.109. The Hall–Kier alpha value is -3.00. The van der Waals surface area contributed by atoms with E-state index in [4.69, 9.17) is 4.74 Å². The summed E-state index contributed by atoms with van der Waals surface area (Å²) in [6.07, 6.45) is 2.16. The average molecular weight is 397 g/mol. The molecule has 28 heavy (non-hydrogen) atoms. The van der Waals surface area contributed by atoms with Crippen LogP contribution < -0.4 is 5.56 Å². The molecule has 3 aromatic rings. The summed E-state index contributed by atoms with van der Waals surface area (Å²) in [7, 11) is 0. The lowest BCUT2D eigenvalue weighted by Gasteiger charge is -2.29. The molecule has 0 unspecified atom stereocenters. The number of ether oxygens (including phenoxy) is 1. The van der Waals surface area contributed by atoms with E-state index in [1.807, 2.05) is 18.2 Å². The van der Waals surface area contributed by atoms with Crippen molar-refractivity contribution in [3.8, 4) is 0 Å². The highest BCUT2D eigenvalue weighted by atomic mass is 32.1. The quantitative estimate of drug-likeness (QED) is 0.631. The summed E-state index contributed by atoms with van der Waals surface area (Å²) in [5, 5.41) is 1.79. The van der Waals surface area contributed by atoms with Crippen LogP contribution in [-0.2, 0) is 29.0 Å². The Bertz CT molecular complexity index is 1120. The number of carbonyl (C=O) groups excluding carboxylic acids is 2. The molecule has 1 amide bonds. The molecule has 0 radical (unpaired) electrons. The Morgan fingerprint density at radius 3 is 2.82 bits per heavy atom. The second-order valence-corrected chi connectivity index (χ2v) is 7.42. The number of fused-ring (bicyclic) bond motifs is 2. The average Bonchev–Trinajstić information content (AvgIpc) is 3.15.